The van der Waals surface area contributed by atoms with Crippen LogP contribution in [0.25, 0.3) is 0 Å². The van der Waals surface area contributed by atoms with Gasteiger partial charge in [0.2, 0.25) is 5.91 Å². The summed E-state index contributed by atoms with van der Waals surface area (Å²) < 4.78 is 5.06. The van der Waals surface area contributed by atoms with Gasteiger partial charge in [-0.15, -0.1) is 0 Å². The summed E-state index contributed by atoms with van der Waals surface area (Å²) in [6.07, 6.45) is 0. The Bertz CT molecular complexity index is 610. The second-order valence-electron chi connectivity index (χ2n) is 4.29. The van der Waals surface area contributed by atoms with Gasteiger partial charge in [-0.05, 0) is 42.5 Å². The molecule has 0 aliphatic carbocycles. The van der Waals surface area contributed by atoms with Gasteiger partial charge in [0.1, 0.15) is 5.75 Å². The van der Waals surface area contributed by atoms with E-state index in [0.29, 0.717) is 15.7 Å². The van der Waals surface area contributed by atoms with Gasteiger partial charge in [0, 0.05) is 21.4 Å². The van der Waals surface area contributed by atoms with E-state index in [0.717, 1.165) is 11.4 Å². The van der Waals surface area contributed by atoms with Crippen LogP contribution in [0, 0.1) is 0 Å². The standard InChI is InChI=1S/C15H14Cl2N2O2/c1-21-14-4-2-12(3-5-14)18-9-15(20)19-13-7-10(16)6-11(17)8-13/h2-8,18H,9H2,1H3,(H,19,20). The number of nitrogens with one attached hydrogen (secondary N) is 2. The molecule has 110 valence electrons. The number of rotatable bonds is 5. The highest BCUT2D eigenvalue weighted by molar-refractivity contribution is 6.35. The molecule has 2 rings (SSSR count). The summed E-state index contributed by atoms with van der Waals surface area (Å²) in [5.74, 6) is 0.572. The van der Waals surface area contributed by atoms with Gasteiger partial charge in [0.05, 0.1) is 13.7 Å². The molecule has 2 aromatic carbocycles. The van der Waals surface area contributed by atoms with Crippen molar-refractivity contribution >= 4 is 40.5 Å². The minimum absolute atomic E-state index is 0.135. The molecule has 2 aromatic rings. The van der Waals surface area contributed by atoms with Gasteiger partial charge < -0.3 is 15.4 Å². The fourth-order valence-electron chi connectivity index (χ4n) is 1.72. The Labute approximate surface area is 133 Å². The Balaban J connectivity index is 1.89. The first-order chi connectivity index (χ1) is 10.1. The first-order valence-electron chi connectivity index (χ1n) is 6.20. The number of benzene rings is 2. The molecular weight excluding hydrogens is 311 g/mol. The predicted molar refractivity (Wildman–Crippen MR) is 86.6 cm³/mol. The molecule has 0 radical (unpaired) electrons. The minimum Gasteiger partial charge on any atom is -0.497 e. The lowest BCUT2D eigenvalue weighted by Gasteiger charge is -2.09. The summed E-state index contributed by atoms with van der Waals surface area (Å²) in [6.45, 7) is 0.135. The van der Waals surface area contributed by atoms with Gasteiger partial charge in [-0.3, -0.25) is 4.79 Å². The SMILES string of the molecule is COc1ccc(NCC(=O)Nc2cc(Cl)cc(Cl)c2)cc1. The summed E-state index contributed by atoms with van der Waals surface area (Å²) >= 11 is 11.7. The third-order valence-corrected chi connectivity index (χ3v) is 3.13. The minimum atomic E-state index is -0.191. The topological polar surface area (TPSA) is 50.4 Å². The van der Waals surface area contributed by atoms with E-state index in [1.807, 2.05) is 24.3 Å². The summed E-state index contributed by atoms with van der Waals surface area (Å²) in [4.78, 5) is 11.8. The van der Waals surface area contributed by atoms with Crippen LogP contribution >= 0.6 is 23.2 Å². The van der Waals surface area contributed by atoms with Crippen molar-refractivity contribution < 1.29 is 9.53 Å². The van der Waals surface area contributed by atoms with E-state index in [2.05, 4.69) is 10.6 Å². The maximum Gasteiger partial charge on any atom is 0.243 e. The van der Waals surface area contributed by atoms with Crippen molar-refractivity contribution in [3.05, 3.63) is 52.5 Å². The van der Waals surface area contributed by atoms with E-state index in [1.165, 1.54) is 0 Å². The van der Waals surface area contributed by atoms with Gasteiger partial charge in [0.15, 0.2) is 0 Å². The van der Waals surface area contributed by atoms with Crippen molar-refractivity contribution in [2.24, 2.45) is 0 Å². The third-order valence-electron chi connectivity index (χ3n) is 2.69. The van der Waals surface area contributed by atoms with E-state index < -0.39 is 0 Å². The van der Waals surface area contributed by atoms with E-state index >= 15 is 0 Å². The molecule has 0 saturated carbocycles. The van der Waals surface area contributed by atoms with Crippen LogP contribution in [-0.4, -0.2) is 19.6 Å². The van der Waals surface area contributed by atoms with Crippen molar-refractivity contribution in [3.63, 3.8) is 0 Å². The van der Waals surface area contributed by atoms with Crippen LogP contribution in [0.3, 0.4) is 0 Å². The first-order valence-corrected chi connectivity index (χ1v) is 6.96. The Kier molecular flexibility index (Phi) is 5.31. The molecule has 0 aromatic heterocycles. The Morgan fingerprint density at radius 3 is 2.24 bits per heavy atom. The average molecular weight is 325 g/mol. The molecule has 0 bridgehead atoms. The lowest BCUT2D eigenvalue weighted by Crippen LogP contribution is -2.21. The van der Waals surface area contributed by atoms with Crippen molar-refractivity contribution in [2.45, 2.75) is 0 Å². The van der Waals surface area contributed by atoms with Gasteiger partial charge in [-0.1, -0.05) is 23.2 Å². The second-order valence-corrected chi connectivity index (χ2v) is 5.16. The summed E-state index contributed by atoms with van der Waals surface area (Å²) in [7, 11) is 1.60. The summed E-state index contributed by atoms with van der Waals surface area (Å²) in [5.41, 5.74) is 1.39. The molecule has 6 heteroatoms. The van der Waals surface area contributed by atoms with Crippen molar-refractivity contribution in [3.8, 4) is 5.75 Å². The highest BCUT2D eigenvalue weighted by atomic mass is 35.5. The highest BCUT2D eigenvalue weighted by Crippen LogP contribution is 2.22. The third kappa shape index (κ3) is 4.85. The van der Waals surface area contributed by atoms with Crippen LogP contribution in [0.4, 0.5) is 11.4 Å². The first kappa shape index (κ1) is 15.5. The molecule has 0 atom stereocenters. The smallest absolute Gasteiger partial charge is 0.243 e. The quantitative estimate of drug-likeness (QED) is 0.872. The van der Waals surface area contributed by atoms with Crippen LogP contribution in [-0.2, 0) is 4.79 Å². The molecule has 0 aliphatic rings. The number of hydrogen-bond acceptors (Lipinski definition) is 3. The van der Waals surface area contributed by atoms with Crippen LogP contribution in [0.5, 0.6) is 5.75 Å². The number of carbonyl (C=O) groups excluding carboxylic acids is 1. The van der Waals surface area contributed by atoms with Crippen molar-refractivity contribution in [1.82, 2.24) is 0 Å². The average Bonchev–Trinajstić information content (AvgIpc) is 2.44. The summed E-state index contributed by atoms with van der Waals surface area (Å²) in [6, 6.07) is 12.2. The van der Waals surface area contributed by atoms with Crippen molar-refractivity contribution in [1.29, 1.82) is 0 Å². The molecule has 4 nitrogen and oxygen atoms in total. The number of ether oxygens (including phenoxy) is 1. The Morgan fingerprint density at radius 1 is 1.05 bits per heavy atom. The molecule has 0 heterocycles. The number of hydrogen-bond donors (Lipinski definition) is 2. The van der Waals surface area contributed by atoms with Crippen LogP contribution in [0.15, 0.2) is 42.5 Å². The Morgan fingerprint density at radius 2 is 1.67 bits per heavy atom. The highest BCUT2D eigenvalue weighted by Gasteiger charge is 2.04. The van der Waals surface area contributed by atoms with Gasteiger partial charge in [0.25, 0.3) is 0 Å². The second kappa shape index (κ2) is 7.20. The number of carbonyl (C=O) groups is 1. The lowest BCUT2D eigenvalue weighted by atomic mass is 10.3. The van der Waals surface area contributed by atoms with E-state index in [9.17, 15) is 4.79 Å². The predicted octanol–water partition coefficient (Wildman–Crippen LogP) is 4.05. The largest absolute Gasteiger partial charge is 0.497 e. The van der Waals surface area contributed by atoms with Crippen molar-refractivity contribution in [2.75, 3.05) is 24.3 Å². The molecule has 0 saturated heterocycles. The van der Waals surface area contributed by atoms with Crippen LogP contribution in [0.1, 0.15) is 0 Å². The molecule has 0 unspecified atom stereocenters. The fourth-order valence-corrected chi connectivity index (χ4v) is 2.25. The van der Waals surface area contributed by atoms with E-state index in [1.54, 1.807) is 25.3 Å². The molecule has 0 fully saturated rings. The van der Waals surface area contributed by atoms with E-state index in [4.69, 9.17) is 27.9 Å². The van der Waals surface area contributed by atoms with Crippen LogP contribution < -0.4 is 15.4 Å². The zero-order valence-electron chi connectivity index (χ0n) is 11.3. The number of amides is 1. The molecule has 21 heavy (non-hydrogen) atoms. The van der Waals surface area contributed by atoms with Gasteiger partial charge in [-0.25, -0.2) is 0 Å². The number of methoxy groups -OCH3 is 1. The zero-order chi connectivity index (χ0) is 15.2. The number of halogens is 2. The molecule has 0 spiro atoms. The molecule has 0 aliphatic heterocycles. The molecule has 1 amide bonds. The monoisotopic (exact) mass is 324 g/mol. The zero-order valence-corrected chi connectivity index (χ0v) is 12.8. The lowest BCUT2D eigenvalue weighted by molar-refractivity contribution is -0.114. The maximum atomic E-state index is 11.8. The Hall–Kier alpha value is -1.91. The maximum absolute atomic E-state index is 11.8. The van der Waals surface area contributed by atoms with Gasteiger partial charge in [-0.2, -0.15) is 0 Å². The van der Waals surface area contributed by atoms with Crippen LogP contribution in [0.2, 0.25) is 10.0 Å². The van der Waals surface area contributed by atoms with Gasteiger partial charge >= 0.3 is 0 Å². The fraction of sp³-hybridized carbons (Fsp3) is 0.133. The van der Waals surface area contributed by atoms with E-state index in [-0.39, 0.29) is 12.5 Å². The number of anilines is 2. The molecule has 2 N–H and O–H groups in total. The molecular formula is C15H14Cl2N2O2. The summed E-state index contributed by atoms with van der Waals surface area (Å²) in [5, 5.41) is 6.68. The normalized spacial score (nSPS) is 10.0.